The van der Waals surface area contributed by atoms with Gasteiger partial charge in [0, 0.05) is 12.7 Å². The van der Waals surface area contributed by atoms with Gasteiger partial charge < -0.3 is 16.0 Å². The molecule has 114 valence electrons. The first-order valence-corrected chi connectivity index (χ1v) is 6.44. The molecule has 0 radical (unpaired) electrons. The summed E-state index contributed by atoms with van der Waals surface area (Å²) in [6.07, 6.45) is 0. The van der Waals surface area contributed by atoms with Crippen LogP contribution in [-0.4, -0.2) is 31.6 Å². The molecule has 0 saturated carbocycles. The number of nitrogens with one attached hydrogen (secondary N) is 5. The number of halogens is 2. The summed E-state index contributed by atoms with van der Waals surface area (Å²) in [4.78, 5) is 33.6. The summed E-state index contributed by atoms with van der Waals surface area (Å²) in [5, 5.41) is 7.66. The van der Waals surface area contributed by atoms with Crippen molar-refractivity contribution in [2.45, 2.75) is 0 Å². The number of hydrogen-bond donors (Lipinski definition) is 5. The highest BCUT2D eigenvalue weighted by Crippen LogP contribution is 2.24. The van der Waals surface area contributed by atoms with Crippen molar-refractivity contribution in [3.8, 4) is 0 Å². The van der Waals surface area contributed by atoms with Gasteiger partial charge >= 0.3 is 12.1 Å². The highest BCUT2D eigenvalue weighted by atomic mass is 35.5. The van der Waals surface area contributed by atoms with E-state index in [0.29, 0.717) is 15.7 Å². The third kappa shape index (κ3) is 6.19. The molecule has 0 saturated heterocycles. The lowest BCUT2D eigenvalue weighted by atomic mass is 10.3. The molecule has 0 aliphatic rings. The lowest BCUT2D eigenvalue weighted by molar-refractivity contribution is -0.120. The summed E-state index contributed by atoms with van der Waals surface area (Å²) in [5.74, 6) is -0.595. The van der Waals surface area contributed by atoms with Crippen LogP contribution in [0, 0.1) is 0 Å². The van der Waals surface area contributed by atoms with E-state index in [4.69, 9.17) is 23.2 Å². The Labute approximate surface area is 130 Å². The van der Waals surface area contributed by atoms with Gasteiger partial charge in [0.2, 0.25) is 0 Å². The minimum absolute atomic E-state index is 0.294. The zero-order valence-electron chi connectivity index (χ0n) is 10.9. The molecular formula is C11H13Cl2N5O3. The van der Waals surface area contributed by atoms with E-state index in [2.05, 4.69) is 26.8 Å². The second kappa shape index (κ2) is 8.18. The zero-order chi connectivity index (χ0) is 15.8. The SMILES string of the molecule is CNC(=O)NNC(=O)CNC(=O)Nc1ccc(Cl)c(Cl)c1. The number of amides is 5. The molecule has 0 unspecified atom stereocenters. The van der Waals surface area contributed by atoms with Crippen molar-refractivity contribution in [2.24, 2.45) is 0 Å². The van der Waals surface area contributed by atoms with Gasteiger partial charge in [0.25, 0.3) is 5.91 Å². The van der Waals surface area contributed by atoms with Crippen molar-refractivity contribution < 1.29 is 14.4 Å². The van der Waals surface area contributed by atoms with Crippen molar-refractivity contribution in [3.63, 3.8) is 0 Å². The number of urea groups is 2. The number of carbonyl (C=O) groups excluding carboxylic acids is 3. The molecule has 10 heteroatoms. The molecular weight excluding hydrogens is 321 g/mol. The summed E-state index contributed by atoms with van der Waals surface area (Å²) in [5.41, 5.74) is 4.57. The molecule has 1 aromatic rings. The Morgan fingerprint density at radius 2 is 1.76 bits per heavy atom. The largest absolute Gasteiger partial charge is 0.340 e. The fraction of sp³-hybridized carbons (Fsp3) is 0.182. The Hall–Kier alpha value is -2.19. The van der Waals surface area contributed by atoms with Gasteiger partial charge in [-0.05, 0) is 18.2 Å². The summed E-state index contributed by atoms with van der Waals surface area (Å²) >= 11 is 11.5. The number of hydrogen-bond acceptors (Lipinski definition) is 3. The maximum atomic E-state index is 11.5. The Balaban J connectivity index is 2.35. The van der Waals surface area contributed by atoms with Gasteiger partial charge in [0.1, 0.15) is 6.54 Å². The molecule has 1 aromatic carbocycles. The fourth-order valence-electron chi connectivity index (χ4n) is 1.14. The fourth-order valence-corrected chi connectivity index (χ4v) is 1.44. The van der Waals surface area contributed by atoms with Crippen molar-refractivity contribution >= 4 is 46.9 Å². The number of carbonyl (C=O) groups is 3. The number of rotatable bonds is 3. The first kappa shape index (κ1) is 16.9. The van der Waals surface area contributed by atoms with E-state index in [1.807, 2.05) is 0 Å². The molecule has 0 bridgehead atoms. The van der Waals surface area contributed by atoms with Crippen molar-refractivity contribution in [2.75, 3.05) is 18.9 Å². The second-order valence-corrected chi connectivity index (χ2v) is 4.50. The minimum atomic E-state index is -0.608. The van der Waals surface area contributed by atoms with Gasteiger partial charge in [-0.25, -0.2) is 15.0 Å². The molecule has 5 amide bonds. The molecule has 21 heavy (non-hydrogen) atoms. The molecule has 0 fully saturated rings. The van der Waals surface area contributed by atoms with Gasteiger partial charge in [-0.15, -0.1) is 0 Å². The van der Waals surface area contributed by atoms with Crippen LogP contribution in [0.15, 0.2) is 18.2 Å². The lowest BCUT2D eigenvalue weighted by Crippen LogP contribution is -2.49. The van der Waals surface area contributed by atoms with E-state index in [-0.39, 0.29) is 6.54 Å². The minimum Gasteiger partial charge on any atom is -0.340 e. The quantitative estimate of drug-likeness (QED) is 0.533. The van der Waals surface area contributed by atoms with E-state index in [0.717, 1.165) is 0 Å². The highest BCUT2D eigenvalue weighted by molar-refractivity contribution is 6.42. The van der Waals surface area contributed by atoms with Crippen molar-refractivity contribution in [1.82, 2.24) is 21.5 Å². The van der Waals surface area contributed by atoms with Crippen LogP contribution >= 0.6 is 23.2 Å². The van der Waals surface area contributed by atoms with E-state index in [1.165, 1.54) is 19.2 Å². The van der Waals surface area contributed by atoms with E-state index in [1.54, 1.807) is 6.07 Å². The van der Waals surface area contributed by atoms with Crippen LogP contribution in [0.1, 0.15) is 0 Å². The maximum absolute atomic E-state index is 11.5. The van der Waals surface area contributed by atoms with Crippen LogP contribution in [0.5, 0.6) is 0 Å². The predicted octanol–water partition coefficient (Wildman–Crippen LogP) is 1.08. The van der Waals surface area contributed by atoms with Gasteiger partial charge in [-0.3, -0.25) is 10.2 Å². The molecule has 0 heterocycles. The molecule has 5 N–H and O–H groups in total. The normalized spacial score (nSPS) is 9.48. The average molecular weight is 334 g/mol. The molecule has 8 nitrogen and oxygen atoms in total. The number of anilines is 1. The molecule has 0 atom stereocenters. The van der Waals surface area contributed by atoms with Crippen molar-refractivity contribution in [3.05, 3.63) is 28.2 Å². The van der Waals surface area contributed by atoms with E-state index < -0.39 is 18.0 Å². The molecule has 0 aromatic heterocycles. The van der Waals surface area contributed by atoms with Gasteiger partial charge in [-0.2, -0.15) is 0 Å². The first-order chi connectivity index (χ1) is 9.92. The third-order valence-electron chi connectivity index (χ3n) is 2.13. The summed E-state index contributed by atoms with van der Waals surface area (Å²) in [6, 6.07) is 3.36. The van der Waals surface area contributed by atoms with E-state index >= 15 is 0 Å². The second-order valence-electron chi connectivity index (χ2n) is 3.69. The third-order valence-corrected chi connectivity index (χ3v) is 2.87. The molecule has 1 rings (SSSR count). The predicted molar refractivity (Wildman–Crippen MR) is 79.2 cm³/mol. The smallest absolute Gasteiger partial charge is 0.333 e. The summed E-state index contributed by atoms with van der Waals surface area (Å²) < 4.78 is 0. The standard InChI is InChI=1S/C11H13Cl2N5O3/c1-14-10(20)18-17-9(19)5-15-11(21)16-6-2-3-7(12)8(13)4-6/h2-4H,5H2,1H3,(H,17,19)(H2,14,18,20)(H2,15,16,21). The summed E-state index contributed by atoms with van der Waals surface area (Å²) in [7, 11) is 1.39. The van der Waals surface area contributed by atoms with Crippen LogP contribution in [-0.2, 0) is 4.79 Å². The summed E-state index contributed by atoms with van der Waals surface area (Å²) in [6.45, 7) is -0.322. The molecule has 0 spiro atoms. The molecule has 0 aliphatic heterocycles. The number of hydrazine groups is 1. The van der Waals surface area contributed by atoms with Crippen molar-refractivity contribution in [1.29, 1.82) is 0 Å². The highest BCUT2D eigenvalue weighted by Gasteiger charge is 2.07. The van der Waals surface area contributed by atoms with Crippen LogP contribution in [0.3, 0.4) is 0 Å². The zero-order valence-corrected chi connectivity index (χ0v) is 12.4. The van der Waals surface area contributed by atoms with E-state index in [9.17, 15) is 14.4 Å². The van der Waals surface area contributed by atoms with Gasteiger partial charge in [0.05, 0.1) is 10.0 Å². The number of benzene rings is 1. The maximum Gasteiger partial charge on any atom is 0.333 e. The molecule has 0 aliphatic carbocycles. The van der Waals surface area contributed by atoms with Gasteiger partial charge in [-0.1, -0.05) is 23.2 Å². The topological polar surface area (TPSA) is 111 Å². The Kier molecular flexibility index (Phi) is 6.57. The van der Waals surface area contributed by atoms with Gasteiger partial charge in [0.15, 0.2) is 0 Å². The Morgan fingerprint density at radius 3 is 2.38 bits per heavy atom. The monoisotopic (exact) mass is 333 g/mol. The average Bonchev–Trinajstić information content (AvgIpc) is 2.46. The van der Waals surface area contributed by atoms with Crippen LogP contribution in [0.2, 0.25) is 10.0 Å². The first-order valence-electron chi connectivity index (χ1n) is 5.69. The van der Waals surface area contributed by atoms with Crippen LogP contribution in [0.4, 0.5) is 15.3 Å². The van der Waals surface area contributed by atoms with Crippen LogP contribution in [0.25, 0.3) is 0 Å². The lowest BCUT2D eigenvalue weighted by Gasteiger charge is -2.09. The van der Waals surface area contributed by atoms with Crippen LogP contribution < -0.4 is 26.8 Å². The Morgan fingerprint density at radius 1 is 1.05 bits per heavy atom. The Bertz CT molecular complexity index is 553.